The molecule has 0 fully saturated rings. The van der Waals surface area contributed by atoms with Crippen molar-refractivity contribution in [1.29, 1.82) is 0 Å². The Bertz CT molecular complexity index is 215. The van der Waals surface area contributed by atoms with E-state index in [0.29, 0.717) is 0 Å². The van der Waals surface area contributed by atoms with E-state index in [1.165, 1.54) is 0 Å². The summed E-state index contributed by atoms with van der Waals surface area (Å²) in [5.74, 6) is 4.22. The largest absolute Gasteiger partial charge is 0.446 e. The molecule has 0 aliphatic rings. The summed E-state index contributed by atoms with van der Waals surface area (Å²) in [6.07, 6.45) is 1.56. The maximum atomic E-state index is 10.8. The fourth-order valence-corrected chi connectivity index (χ4v) is 0.408. The molecule has 0 aromatic heterocycles. The molecule has 0 radical (unpaired) electrons. The van der Waals surface area contributed by atoms with Gasteiger partial charge in [-0.15, -0.1) is 0 Å². The molecular formula is C9H12O2. The Balaban J connectivity index is 4.11. The van der Waals surface area contributed by atoms with E-state index in [4.69, 9.17) is 4.74 Å². The lowest BCUT2D eigenvalue weighted by molar-refractivity contribution is -0.145. The van der Waals surface area contributed by atoms with Gasteiger partial charge in [-0.2, -0.15) is 0 Å². The molecule has 0 N–H and O–H groups in total. The van der Waals surface area contributed by atoms with Gasteiger partial charge in [-0.1, -0.05) is 12.5 Å². The maximum absolute atomic E-state index is 10.8. The number of ether oxygens (including phenoxy) is 1. The lowest BCUT2D eigenvalue weighted by Crippen LogP contribution is -2.24. The van der Waals surface area contributed by atoms with E-state index >= 15 is 0 Å². The lowest BCUT2D eigenvalue weighted by Gasteiger charge is -2.18. The number of hydrogen-bond acceptors (Lipinski definition) is 2. The second-order valence-electron chi connectivity index (χ2n) is 2.57. The van der Waals surface area contributed by atoms with Gasteiger partial charge in [0.2, 0.25) is 0 Å². The fraction of sp³-hybridized carbons (Fsp3) is 0.444. The normalized spacial score (nSPS) is 9.36. The minimum absolute atomic E-state index is 0.516. The van der Waals surface area contributed by atoms with Crippen molar-refractivity contribution in [2.45, 2.75) is 26.4 Å². The van der Waals surface area contributed by atoms with Crippen LogP contribution in [0, 0.1) is 11.8 Å². The zero-order chi connectivity index (χ0) is 8.91. The van der Waals surface area contributed by atoms with Crippen LogP contribution in [0.4, 0.5) is 0 Å². The molecule has 0 saturated heterocycles. The maximum Gasteiger partial charge on any atom is 0.385 e. The van der Waals surface area contributed by atoms with Gasteiger partial charge in [-0.3, -0.25) is 0 Å². The van der Waals surface area contributed by atoms with Crippen molar-refractivity contribution in [1.82, 2.24) is 0 Å². The summed E-state index contributed by atoms with van der Waals surface area (Å²) in [5, 5.41) is 0. The molecule has 2 nitrogen and oxygen atoms in total. The minimum Gasteiger partial charge on any atom is -0.446 e. The van der Waals surface area contributed by atoms with E-state index in [-0.39, 0.29) is 0 Å². The molecule has 0 aromatic carbocycles. The van der Waals surface area contributed by atoms with Gasteiger partial charge in [0, 0.05) is 5.92 Å². The Labute approximate surface area is 67.2 Å². The van der Waals surface area contributed by atoms with Gasteiger partial charge < -0.3 is 4.74 Å². The first-order valence-corrected chi connectivity index (χ1v) is 3.31. The zero-order valence-corrected chi connectivity index (χ0v) is 7.10. The molecule has 0 aromatic rings. The first kappa shape index (κ1) is 9.77. The van der Waals surface area contributed by atoms with Gasteiger partial charge in [0.1, 0.15) is 5.60 Å². The van der Waals surface area contributed by atoms with Crippen molar-refractivity contribution >= 4 is 5.97 Å². The smallest absolute Gasteiger partial charge is 0.385 e. The van der Waals surface area contributed by atoms with Crippen LogP contribution in [0.5, 0.6) is 0 Å². The summed E-state index contributed by atoms with van der Waals surface area (Å²) in [7, 11) is 0. The van der Waals surface area contributed by atoms with Gasteiger partial charge in [-0.05, 0) is 26.8 Å². The Morgan fingerprint density at radius 1 is 1.64 bits per heavy atom. The van der Waals surface area contributed by atoms with Gasteiger partial charge >= 0.3 is 5.97 Å². The van der Waals surface area contributed by atoms with Gasteiger partial charge in [0.25, 0.3) is 0 Å². The molecule has 0 atom stereocenters. The van der Waals surface area contributed by atoms with E-state index < -0.39 is 11.6 Å². The summed E-state index contributed by atoms with van der Waals surface area (Å²) in [5.41, 5.74) is -0.624. The first-order chi connectivity index (χ1) is 5.02. The van der Waals surface area contributed by atoms with Crippen LogP contribution in [-0.2, 0) is 9.53 Å². The molecule has 60 valence electrons. The molecule has 0 rings (SSSR count). The number of carbonyl (C=O) groups is 1. The van der Waals surface area contributed by atoms with Crippen molar-refractivity contribution in [3.8, 4) is 11.8 Å². The molecule has 0 spiro atoms. The summed E-state index contributed by atoms with van der Waals surface area (Å²) < 4.78 is 4.90. The highest BCUT2D eigenvalue weighted by atomic mass is 16.6. The predicted molar refractivity (Wildman–Crippen MR) is 43.8 cm³/mol. The molecule has 2 heteroatoms. The van der Waals surface area contributed by atoms with Crippen molar-refractivity contribution in [3.05, 3.63) is 12.7 Å². The van der Waals surface area contributed by atoms with E-state index in [1.807, 2.05) is 0 Å². The summed E-state index contributed by atoms with van der Waals surface area (Å²) in [6.45, 7) is 8.60. The number of hydrogen-bond donors (Lipinski definition) is 0. The van der Waals surface area contributed by atoms with Crippen LogP contribution in [0.3, 0.4) is 0 Å². The zero-order valence-electron chi connectivity index (χ0n) is 7.10. The molecular weight excluding hydrogens is 140 g/mol. The van der Waals surface area contributed by atoms with Crippen LogP contribution in [0.25, 0.3) is 0 Å². The average Bonchev–Trinajstić information content (AvgIpc) is 1.87. The van der Waals surface area contributed by atoms with Crippen LogP contribution in [-0.4, -0.2) is 11.6 Å². The van der Waals surface area contributed by atoms with E-state index in [2.05, 4.69) is 18.4 Å². The second kappa shape index (κ2) is 3.82. The lowest BCUT2D eigenvalue weighted by atomic mass is 10.1. The Hall–Kier alpha value is -1.23. The minimum atomic E-state index is -0.624. The van der Waals surface area contributed by atoms with Crippen LogP contribution in [0.2, 0.25) is 0 Å². The predicted octanol–water partition coefficient (Wildman–Crippen LogP) is 1.52. The van der Waals surface area contributed by atoms with Gasteiger partial charge in [0.15, 0.2) is 0 Å². The standard InChI is InChI=1S/C9H12O2/c1-5-7-8(10)11-9(3,4)6-2/h6H,2H2,1,3-4H3. The molecule has 0 bridgehead atoms. The van der Waals surface area contributed by atoms with Gasteiger partial charge in [0.05, 0.1) is 0 Å². The quantitative estimate of drug-likeness (QED) is 0.259. The Morgan fingerprint density at radius 2 is 2.18 bits per heavy atom. The summed E-state index contributed by atoms with van der Waals surface area (Å²) in [6, 6.07) is 0. The van der Waals surface area contributed by atoms with E-state index in [9.17, 15) is 4.79 Å². The highest BCUT2D eigenvalue weighted by molar-refractivity contribution is 5.88. The number of rotatable bonds is 2. The van der Waals surface area contributed by atoms with Crippen molar-refractivity contribution < 1.29 is 9.53 Å². The number of esters is 1. The third-order valence-electron chi connectivity index (χ3n) is 1.07. The average molecular weight is 152 g/mol. The monoisotopic (exact) mass is 152 g/mol. The number of carbonyl (C=O) groups excluding carboxylic acids is 1. The first-order valence-electron chi connectivity index (χ1n) is 3.31. The highest BCUT2D eigenvalue weighted by Crippen LogP contribution is 2.09. The summed E-state index contributed by atoms with van der Waals surface area (Å²) >= 11 is 0. The van der Waals surface area contributed by atoms with Crippen LogP contribution in [0.15, 0.2) is 12.7 Å². The molecule has 0 saturated carbocycles. The molecule has 0 amide bonds. The van der Waals surface area contributed by atoms with Crippen molar-refractivity contribution in [2.75, 3.05) is 0 Å². The van der Waals surface area contributed by atoms with Crippen molar-refractivity contribution in [2.24, 2.45) is 0 Å². The molecule has 0 aliphatic heterocycles. The van der Waals surface area contributed by atoms with Crippen molar-refractivity contribution in [3.63, 3.8) is 0 Å². The fourth-order valence-electron chi connectivity index (χ4n) is 0.408. The highest BCUT2D eigenvalue weighted by Gasteiger charge is 2.16. The third-order valence-corrected chi connectivity index (χ3v) is 1.07. The molecule has 11 heavy (non-hydrogen) atoms. The SMILES string of the molecule is C=CC(C)(C)OC(=O)C#CC. The summed E-state index contributed by atoms with van der Waals surface area (Å²) in [4.78, 5) is 10.8. The second-order valence-corrected chi connectivity index (χ2v) is 2.57. The van der Waals surface area contributed by atoms with E-state index in [1.54, 1.807) is 26.8 Å². The third kappa shape index (κ3) is 4.21. The molecule has 0 aliphatic carbocycles. The topological polar surface area (TPSA) is 26.3 Å². The van der Waals surface area contributed by atoms with Gasteiger partial charge in [-0.25, -0.2) is 4.79 Å². The molecule has 0 heterocycles. The van der Waals surface area contributed by atoms with E-state index in [0.717, 1.165) is 0 Å². The van der Waals surface area contributed by atoms with Crippen LogP contribution >= 0.6 is 0 Å². The Kier molecular flexibility index (Phi) is 3.39. The Morgan fingerprint density at radius 3 is 2.55 bits per heavy atom. The molecule has 0 unspecified atom stereocenters. The van der Waals surface area contributed by atoms with Crippen LogP contribution in [0.1, 0.15) is 20.8 Å². The van der Waals surface area contributed by atoms with Crippen LogP contribution < -0.4 is 0 Å².